The Morgan fingerprint density at radius 2 is 0.902 bits per heavy atom. The van der Waals surface area contributed by atoms with E-state index in [-0.39, 0.29) is 0 Å². The van der Waals surface area contributed by atoms with Gasteiger partial charge in [0.15, 0.2) is 0 Å². The van der Waals surface area contributed by atoms with Crippen molar-refractivity contribution >= 4 is 45.3 Å². The molecule has 0 radical (unpaired) electrons. The molecule has 0 fully saturated rings. The van der Waals surface area contributed by atoms with Gasteiger partial charge in [0.25, 0.3) is 0 Å². The maximum atomic E-state index is 2.46. The maximum Gasteiger partial charge on any atom is 0.0713 e. The first-order chi connectivity index (χ1) is 25.3. The molecule has 0 saturated carbocycles. The molecule has 0 atom stereocenters. The molecule has 0 heteroatoms. The molecular formula is C51H36. The fourth-order valence-electron chi connectivity index (χ4n) is 8.95. The fourth-order valence-corrected chi connectivity index (χ4v) is 8.95. The van der Waals surface area contributed by atoms with E-state index in [1.54, 1.807) is 0 Å². The lowest BCUT2D eigenvalue weighted by molar-refractivity contribution is 0.814. The minimum atomic E-state index is -0.419. The average Bonchev–Trinajstić information content (AvgIpc) is 3.57. The third-order valence-corrected chi connectivity index (χ3v) is 11.2. The van der Waals surface area contributed by atoms with Crippen LogP contribution in [0, 0.1) is 0 Å². The van der Waals surface area contributed by atoms with Crippen LogP contribution in [-0.4, -0.2) is 0 Å². The van der Waals surface area contributed by atoms with Crippen LogP contribution in [0.15, 0.2) is 176 Å². The predicted octanol–water partition coefficient (Wildman–Crippen LogP) is 11.6. The molecule has 0 aliphatic heterocycles. The van der Waals surface area contributed by atoms with Crippen molar-refractivity contribution in [1.29, 1.82) is 0 Å². The molecule has 8 aromatic rings. The lowest BCUT2D eigenvalue weighted by atomic mass is 9.65. The van der Waals surface area contributed by atoms with Gasteiger partial charge in [-0.05, 0) is 119 Å². The van der Waals surface area contributed by atoms with Crippen LogP contribution < -0.4 is 10.4 Å². The highest BCUT2D eigenvalue weighted by Gasteiger charge is 2.45. The van der Waals surface area contributed by atoms with E-state index in [1.807, 2.05) is 0 Å². The Hall–Kier alpha value is -6.24. The molecule has 0 amide bonds. The molecule has 0 aromatic heterocycles. The third-order valence-electron chi connectivity index (χ3n) is 11.2. The Bertz CT molecular complexity index is 2710. The van der Waals surface area contributed by atoms with Crippen molar-refractivity contribution in [1.82, 2.24) is 0 Å². The first-order valence-electron chi connectivity index (χ1n) is 18.1. The van der Waals surface area contributed by atoms with Gasteiger partial charge in [-0.2, -0.15) is 0 Å². The summed E-state index contributed by atoms with van der Waals surface area (Å²) in [6.07, 6.45) is 9.47. The second-order valence-corrected chi connectivity index (χ2v) is 13.9. The van der Waals surface area contributed by atoms with Crippen molar-refractivity contribution in [3.63, 3.8) is 0 Å². The van der Waals surface area contributed by atoms with Crippen molar-refractivity contribution in [2.45, 2.75) is 18.3 Å². The Kier molecular flexibility index (Phi) is 6.96. The van der Waals surface area contributed by atoms with Gasteiger partial charge in [-0.1, -0.05) is 176 Å². The number of benzene rings is 8. The van der Waals surface area contributed by atoms with E-state index in [4.69, 9.17) is 0 Å². The molecule has 0 spiro atoms. The highest BCUT2D eigenvalue weighted by molar-refractivity contribution is 6.15. The highest BCUT2D eigenvalue weighted by atomic mass is 14.5. The molecule has 0 unspecified atom stereocenters. The van der Waals surface area contributed by atoms with E-state index in [1.165, 1.54) is 87.6 Å². The summed E-state index contributed by atoms with van der Waals surface area (Å²) in [5.74, 6) is 0. The second kappa shape index (κ2) is 12.0. The molecular weight excluding hydrogens is 613 g/mol. The molecule has 8 aromatic carbocycles. The van der Waals surface area contributed by atoms with Gasteiger partial charge in [0.05, 0.1) is 5.41 Å². The summed E-state index contributed by atoms with van der Waals surface area (Å²) in [6, 6.07) is 65.1. The number of allylic oxidation sites excluding steroid dienone is 1. The van der Waals surface area contributed by atoms with Crippen LogP contribution in [0.4, 0.5) is 0 Å². The van der Waals surface area contributed by atoms with Crippen molar-refractivity contribution in [2.24, 2.45) is 0 Å². The van der Waals surface area contributed by atoms with Crippen molar-refractivity contribution in [2.75, 3.05) is 0 Å². The quantitative estimate of drug-likeness (QED) is 0.163. The Morgan fingerprint density at radius 1 is 0.373 bits per heavy atom. The molecule has 10 rings (SSSR count). The summed E-state index contributed by atoms with van der Waals surface area (Å²) in [5, 5.41) is 7.97. The van der Waals surface area contributed by atoms with Crippen LogP contribution in [0.3, 0.4) is 0 Å². The number of fused-ring (bicyclic) bond motifs is 6. The lowest BCUT2D eigenvalue weighted by Crippen LogP contribution is -2.29. The molecule has 2 aliphatic rings. The number of rotatable bonds is 5. The molecule has 0 heterocycles. The Morgan fingerprint density at radius 3 is 1.61 bits per heavy atom. The molecule has 0 bridgehead atoms. The van der Waals surface area contributed by atoms with Crippen LogP contribution in [-0.2, 0) is 5.41 Å². The van der Waals surface area contributed by atoms with Crippen molar-refractivity contribution in [3.8, 4) is 22.3 Å². The standard InChI is InChI=1S/C51H36/c1-4-16-35(17-5-1)45-33-47-44-26-14-12-24-42(44)46(34-48(47)43-25-13-11-23-41(43)45)36-28-30-37(31-29-36)50-32-38-18-10-15-27-49(38)51(50,39-19-6-2-7-20-39)40-21-8-3-9-22-40/h1-10,12,14-34H,11,13H2. The fraction of sp³-hybridized carbons (Fsp3) is 0.0588. The van der Waals surface area contributed by atoms with Crippen LogP contribution in [0.1, 0.15) is 40.7 Å². The van der Waals surface area contributed by atoms with Crippen LogP contribution in [0.5, 0.6) is 0 Å². The zero-order valence-corrected chi connectivity index (χ0v) is 28.4. The molecule has 240 valence electrons. The van der Waals surface area contributed by atoms with Crippen molar-refractivity contribution in [3.05, 3.63) is 214 Å². The lowest BCUT2D eigenvalue weighted by Gasteiger charge is -2.36. The molecule has 0 N–H and O–H groups in total. The van der Waals surface area contributed by atoms with Gasteiger partial charge in [-0.15, -0.1) is 0 Å². The summed E-state index contributed by atoms with van der Waals surface area (Å²) in [7, 11) is 0. The average molecular weight is 649 g/mol. The Labute approximate surface area is 299 Å². The minimum Gasteiger partial charge on any atom is -0.0757 e. The maximum absolute atomic E-state index is 2.46. The largest absolute Gasteiger partial charge is 0.0757 e. The van der Waals surface area contributed by atoms with Crippen LogP contribution in [0.2, 0.25) is 0 Å². The van der Waals surface area contributed by atoms with E-state index in [0.29, 0.717) is 0 Å². The van der Waals surface area contributed by atoms with Gasteiger partial charge in [-0.25, -0.2) is 0 Å². The smallest absolute Gasteiger partial charge is 0.0713 e. The topological polar surface area (TPSA) is 0 Å². The van der Waals surface area contributed by atoms with Gasteiger partial charge >= 0.3 is 0 Å². The summed E-state index contributed by atoms with van der Waals surface area (Å²) in [4.78, 5) is 0. The van der Waals surface area contributed by atoms with E-state index in [0.717, 1.165) is 12.8 Å². The van der Waals surface area contributed by atoms with E-state index in [2.05, 4.69) is 194 Å². The summed E-state index contributed by atoms with van der Waals surface area (Å²) < 4.78 is 0. The predicted molar refractivity (Wildman–Crippen MR) is 217 cm³/mol. The van der Waals surface area contributed by atoms with E-state index < -0.39 is 5.41 Å². The zero-order chi connectivity index (χ0) is 33.8. The molecule has 2 aliphatic carbocycles. The molecule has 0 saturated heterocycles. The summed E-state index contributed by atoms with van der Waals surface area (Å²) >= 11 is 0. The Balaban J connectivity index is 1.17. The highest BCUT2D eigenvalue weighted by Crippen LogP contribution is 2.55. The van der Waals surface area contributed by atoms with Crippen molar-refractivity contribution < 1.29 is 0 Å². The SMILES string of the molecule is C1=C(c2ccc(-c3cc4c5c(c(-c6ccccc6)cc4c4ccccc34)=CCCC=5)cc2)C(c2ccccc2)(c2ccccc2)c2ccccc21. The van der Waals surface area contributed by atoms with Crippen LogP contribution in [0.25, 0.3) is 67.6 Å². The van der Waals surface area contributed by atoms with Gasteiger partial charge in [-0.3, -0.25) is 0 Å². The molecule has 51 heavy (non-hydrogen) atoms. The summed E-state index contributed by atoms with van der Waals surface area (Å²) in [6.45, 7) is 0. The van der Waals surface area contributed by atoms with Crippen LogP contribution >= 0.6 is 0 Å². The normalized spacial score (nSPS) is 14.3. The van der Waals surface area contributed by atoms with Gasteiger partial charge in [0, 0.05) is 0 Å². The van der Waals surface area contributed by atoms with Gasteiger partial charge < -0.3 is 0 Å². The monoisotopic (exact) mass is 648 g/mol. The first-order valence-corrected chi connectivity index (χ1v) is 18.1. The van der Waals surface area contributed by atoms with E-state index in [9.17, 15) is 0 Å². The number of hydrogen-bond donors (Lipinski definition) is 0. The molecule has 0 nitrogen and oxygen atoms in total. The zero-order valence-electron chi connectivity index (χ0n) is 28.4. The van der Waals surface area contributed by atoms with Gasteiger partial charge in [0.2, 0.25) is 0 Å². The number of hydrogen-bond acceptors (Lipinski definition) is 0. The second-order valence-electron chi connectivity index (χ2n) is 13.9. The van der Waals surface area contributed by atoms with Gasteiger partial charge in [0.1, 0.15) is 0 Å². The van der Waals surface area contributed by atoms with E-state index >= 15 is 0 Å². The first kappa shape index (κ1) is 29.7. The third kappa shape index (κ3) is 4.60. The summed E-state index contributed by atoms with van der Waals surface area (Å²) in [5.41, 5.74) is 12.4. The minimum absolute atomic E-state index is 0.419.